The Morgan fingerprint density at radius 2 is 1.55 bits per heavy atom. The lowest BCUT2D eigenvalue weighted by Crippen LogP contribution is -2.15. The molecule has 0 amide bonds. The van der Waals surface area contributed by atoms with Gasteiger partial charge in [-0.1, -0.05) is 13.0 Å². The molecule has 1 N–H and O–H groups in total. The van der Waals surface area contributed by atoms with Crippen LogP contribution in [0.1, 0.15) is 59.3 Å². The third-order valence-corrected chi connectivity index (χ3v) is 4.97. The molecule has 0 spiro atoms. The van der Waals surface area contributed by atoms with Crippen LogP contribution in [0.5, 0.6) is 0 Å². The Morgan fingerprint density at radius 1 is 1.09 bits per heavy atom. The summed E-state index contributed by atoms with van der Waals surface area (Å²) in [7, 11) is 0. The number of hydrogen-bond acceptors (Lipinski definition) is 3. The van der Waals surface area contributed by atoms with E-state index in [0.29, 0.717) is 12.2 Å². The van der Waals surface area contributed by atoms with E-state index in [2.05, 4.69) is 11.3 Å². The second-order valence-electron chi connectivity index (χ2n) is 6.61. The average molecular weight is 310 g/mol. The summed E-state index contributed by atoms with van der Waals surface area (Å²) >= 11 is 0. The Labute approximate surface area is 133 Å². The Balaban J connectivity index is 0.000000183. The number of carboxylic acids is 1. The molecule has 4 unspecified atom stereocenters. The summed E-state index contributed by atoms with van der Waals surface area (Å²) < 4.78 is 4.56. The molecule has 4 atom stereocenters. The number of hydrogen-bond donors (Lipinski definition) is 1. The van der Waals surface area contributed by atoms with Crippen LogP contribution in [0, 0.1) is 23.7 Å². The van der Waals surface area contributed by atoms with Gasteiger partial charge in [-0.15, -0.1) is 0 Å². The average Bonchev–Trinajstić information content (AvgIpc) is 3.13. The van der Waals surface area contributed by atoms with Crippen molar-refractivity contribution in [2.45, 2.75) is 59.3 Å². The van der Waals surface area contributed by atoms with E-state index in [1.807, 2.05) is 0 Å². The van der Waals surface area contributed by atoms with Gasteiger partial charge in [0.15, 0.2) is 0 Å². The van der Waals surface area contributed by atoms with Crippen molar-refractivity contribution in [1.29, 1.82) is 0 Å². The smallest absolute Gasteiger partial charge is 0.333 e. The molecule has 0 aromatic carbocycles. The summed E-state index contributed by atoms with van der Waals surface area (Å²) in [6.45, 7) is 8.29. The highest BCUT2D eigenvalue weighted by Crippen LogP contribution is 2.58. The van der Waals surface area contributed by atoms with Gasteiger partial charge in [0.1, 0.15) is 0 Å². The molecule has 2 bridgehead atoms. The minimum Gasteiger partial charge on any atom is -0.481 e. The highest BCUT2D eigenvalue weighted by Gasteiger charge is 2.48. The van der Waals surface area contributed by atoms with Crippen LogP contribution in [-0.2, 0) is 14.3 Å². The molecule has 3 aliphatic rings. The molecule has 0 saturated heterocycles. The van der Waals surface area contributed by atoms with Crippen molar-refractivity contribution in [3.05, 3.63) is 12.2 Å². The monoisotopic (exact) mass is 310 g/mol. The zero-order valence-electron chi connectivity index (χ0n) is 14.1. The topological polar surface area (TPSA) is 63.6 Å². The number of carbonyl (C=O) groups excluding carboxylic acids is 1. The van der Waals surface area contributed by atoms with Crippen molar-refractivity contribution in [3.63, 3.8) is 0 Å². The van der Waals surface area contributed by atoms with Gasteiger partial charge in [-0.25, -0.2) is 4.79 Å². The Kier molecular flexibility index (Phi) is 7.63. The number of fused-ring (bicyclic) bond motifs is 5. The molecular formula is C18H30O4. The molecule has 0 radical (unpaired) electrons. The highest BCUT2D eigenvalue weighted by molar-refractivity contribution is 5.86. The maximum Gasteiger partial charge on any atom is 0.333 e. The van der Waals surface area contributed by atoms with Gasteiger partial charge in [-0.2, -0.15) is 0 Å². The first-order valence-electron chi connectivity index (χ1n) is 8.38. The lowest BCUT2D eigenvalue weighted by atomic mass is 9.82. The SMILES string of the molecule is C1CC2C3CCC(C3)C2C1.C=C(C)C(=O)OCC.CC(=O)O. The lowest BCUT2D eigenvalue weighted by molar-refractivity contribution is -0.138. The molecule has 4 nitrogen and oxygen atoms in total. The molecule has 0 aromatic rings. The Bertz CT molecular complexity index is 382. The molecule has 3 aliphatic carbocycles. The van der Waals surface area contributed by atoms with Crippen molar-refractivity contribution in [3.8, 4) is 0 Å². The van der Waals surface area contributed by atoms with Crippen molar-refractivity contribution < 1.29 is 19.4 Å². The molecule has 126 valence electrons. The zero-order chi connectivity index (χ0) is 16.7. The first kappa shape index (κ1) is 18.7. The fraction of sp³-hybridized carbons (Fsp3) is 0.778. The van der Waals surface area contributed by atoms with E-state index in [4.69, 9.17) is 9.90 Å². The summed E-state index contributed by atoms with van der Waals surface area (Å²) in [6, 6.07) is 0. The van der Waals surface area contributed by atoms with Crippen LogP contribution in [-0.4, -0.2) is 23.7 Å². The molecule has 0 aliphatic heterocycles. The minimum absolute atomic E-state index is 0.312. The van der Waals surface area contributed by atoms with Crippen LogP contribution in [0.2, 0.25) is 0 Å². The number of aliphatic carboxylic acids is 1. The second kappa shape index (κ2) is 8.96. The van der Waals surface area contributed by atoms with Gasteiger partial charge < -0.3 is 9.84 Å². The highest BCUT2D eigenvalue weighted by atomic mass is 16.5. The lowest BCUT2D eigenvalue weighted by Gasteiger charge is -2.23. The normalized spacial score (nSPS) is 30.3. The summed E-state index contributed by atoms with van der Waals surface area (Å²) in [4.78, 5) is 19.4. The number of ether oxygens (including phenoxy) is 1. The van der Waals surface area contributed by atoms with Gasteiger partial charge in [-0.05, 0) is 69.6 Å². The summed E-state index contributed by atoms with van der Waals surface area (Å²) in [5.74, 6) is 3.65. The van der Waals surface area contributed by atoms with Gasteiger partial charge in [-0.3, -0.25) is 4.79 Å². The van der Waals surface area contributed by atoms with Crippen molar-refractivity contribution in [2.75, 3.05) is 6.61 Å². The standard InChI is InChI=1S/C10H16.C6H10O2.C2H4O2/c1-2-9-7-4-5-8(6-7)10(9)3-1;1-4-8-6(7)5(2)3;1-2(3)4/h7-10H,1-6H2;2,4H2,1,3H3;1H3,(H,3,4). The first-order valence-corrected chi connectivity index (χ1v) is 8.38. The summed E-state index contributed by atoms with van der Waals surface area (Å²) in [5.41, 5.74) is 0.451. The minimum atomic E-state index is -0.833. The van der Waals surface area contributed by atoms with Crippen LogP contribution in [0.3, 0.4) is 0 Å². The number of carboxylic acid groups (broad SMARTS) is 1. The number of esters is 1. The van der Waals surface area contributed by atoms with E-state index >= 15 is 0 Å². The van der Waals surface area contributed by atoms with Gasteiger partial charge in [0.25, 0.3) is 5.97 Å². The van der Waals surface area contributed by atoms with Gasteiger partial charge >= 0.3 is 5.97 Å². The van der Waals surface area contributed by atoms with Crippen LogP contribution < -0.4 is 0 Å². The quantitative estimate of drug-likeness (QED) is 0.617. The summed E-state index contributed by atoms with van der Waals surface area (Å²) in [5, 5.41) is 7.42. The van der Waals surface area contributed by atoms with E-state index in [0.717, 1.165) is 6.92 Å². The van der Waals surface area contributed by atoms with Gasteiger partial charge in [0, 0.05) is 12.5 Å². The summed E-state index contributed by atoms with van der Waals surface area (Å²) in [6.07, 6.45) is 9.53. The molecule has 0 heterocycles. The van der Waals surface area contributed by atoms with E-state index < -0.39 is 5.97 Å². The number of carbonyl (C=O) groups is 2. The predicted octanol–water partition coefficient (Wildman–Crippen LogP) is 4.05. The third-order valence-electron chi connectivity index (χ3n) is 4.97. The van der Waals surface area contributed by atoms with Crippen LogP contribution in [0.15, 0.2) is 12.2 Å². The van der Waals surface area contributed by atoms with Crippen molar-refractivity contribution in [1.82, 2.24) is 0 Å². The van der Waals surface area contributed by atoms with Crippen molar-refractivity contribution in [2.24, 2.45) is 23.7 Å². The molecule has 3 fully saturated rings. The van der Waals surface area contributed by atoms with Crippen LogP contribution in [0.4, 0.5) is 0 Å². The number of rotatable bonds is 2. The fourth-order valence-electron chi connectivity index (χ4n) is 4.27. The molecular weight excluding hydrogens is 280 g/mol. The maximum absolute atomic E-state index is 10.4. The Morgan fingerprint density at radius 3 is 1.86 bits per heavy atom. The second-order valence-corrected chi connectivity index (χ2v) is 6.61. The van der Waals surface area contributed by atoms with Gasteiger partial charge in [0.05, 0.1) is 6.61 Å². The molecule has 3 saturated carbocycles. The van der Waals surface area contributed by atoms with Crippen LogP contribution >= 0.6 is 0 Å². The van der Waals surface area contributed by atoms with E-state index in [1.54, 1.807) is 52.4 Å². The largest absolute Gasteiger partial charge is 0.481 e. The Hall–Kier alpha value is -1.32. The third kappa shape index (κ3) is 5.47. The van der Waals surface area contributed by atoms with E-state index in [1.165, 1.54) is 23.7 Å². The maximum atomic E-state index is 10.4. The van der Waals surface area contributed by atoms with Crippen LogP contribution in [0.25, 0.3) is 0 Å². The zero-order valence-corrected chi connectivity index (χ0v) is 14.1. The first-order chi connectivity index (χ1) is 10.4. The van der Waals surface area contributed by atoms with E-state index in [-0.39, 0.29) is 5.97 Å². The van der Waals surface area contributed by atoms with Crippen molar-refractivity contribution >= 4 is 11.9 Å². The molecule has 22 heavy (non-hydrogen) atoms. The van der Waals surface area contributed by atoms with Gasteiger partial charge in [0.2, 0.25) is 0 Å². The molecule has 0 aromatic heterocycles. The molecule has 3 rings (SSSR count). The predicted molar refractivity (Wildman–Crippen MR) is 86.4 cm³/mol. The fourth-order valence-corrected chi connectivity index (χ4v) is 4.27. The molecule has 4 heteroatoms. The van der Waals surface area contributed by atoms with E-state index in [9.17, 15) is 4.79 Å².